The van der Waals surface area contributed by atoms with Gasteiger partial charge >= 0.3 is 0 Å². The Balaban J connectivity index is 2.77. The van der Waals surface area contributed by atoms with Gasteiger partial charge in [-0.25, -0.2) is 0 Å². The molecule has 1 aromatic heterocycles. The number of hydrogen-bond acceptors (Lipinski definition) is 3. The maximum atomic E-state index is 11.2. The van der Waals surface area contributed by atoms with Crippen molar-refractivity contribution in [3.8, 4) is 0 Å². The van der Waals surface area contributed by atoms with Crippen molar-refractivity contribution < 1.29 is 4.79 Å². The number of aryl methyl sites for hydroxylation is 1. The highest BCUT2D eigenvalue weighted by molar-refractivity contribution is 5.92. The molecule has 5 heteroatoms. The average Bonchev–Trinajstić information content (AvgIpc) is 2.10. The number of aromatic nitrogens is 1. The molecule has 0 aliphatic rings. The van der Waals surface area contributed by atoms with E-state index < -0.39 is 0 Å². The number of H-pyrrole nitrogens is 1. The van der Waals surface area contributed by atoms with E-state index in [1.54, 1.807) is 14.0 Å². The van der Waals surface area contributed by atoms with Crippen molar-refractivity contribution in [2.24, 2.45) is 0 Å². The zero-order chi connectivity index (χ0) is 10.6. The van der Waals surface area contributed by atoms with Crippen LogP contribution in [0, 0.1) is 6.92 Å². The fourth-order valence-electron chi connectivity index (χ4n) is 1.06. The van der Waals surface area contributed by atoms with Crippen molar-refractivity contribution in [1.82, 2.24) is 10.3 Å². The van der Waals surface area contributed by atoms with E-state index in [9.17, 15) is 9.59 Å². The number of nitrogens with one attached hydrogen (secondary N) is 3. The minimum Gasteiger partial charge on any atom is -0.327 e. The molecule has 1 aromatic rings. The Morgan fingerprint density at radius 3 is 2.86 bits per heavy atom. The fourth-order valence-corrected chi connectivity index (χ4v) is 1.06. The second-order valence-electron chi connectivity index (χ2n) is 2.97. The molecular formula is C9H13N3O2. The first kappa shape index (κ1) is 10.5. The standard InChI is InChI=1S/C9H13N3O2/c1-6-3-8(13)11-4-7(6)12-9(14)5-10-2/h3-4,10H,5H2,1-2H3,(H,11,13)(H,12,14). The van der Waals surface area contributed by atoms with Crippen molar-refractivity contribution in [3.05, 3.63) is 28.2 Å². The molecule has 0 aliphatic heterocycles. The van der Waals surface area contributed by atoms with Crippen LogP contribution in [0.15, 0.2) is 17.1 Å². The first-order valence-electron chi connectivity index (χ1n) is 4.27. The van der Waals surface area contributed by atoms with E-state index in [1.165, 1.54) is 12.3 Å². The Morgan fingerprint density at radius 2 is 2.29 bits per heavy atom. The van der Waals surface area contributed by atoms with E-state index >= 15 is 0 Å². The van der Waals surface area contributed by atoms with E-state index in [0.29, 0.717) is 5.69 Å². The van der Waals surface area contributed by atoms with Crippen molar-refractivity contribution >= 4 is 11.6 Å². The lowest BCUT2D eigenvalue weighted by molar-refractivity contribution is -0.115. The Labute approximate surface area is 81.5 Å². The van der Waals surface area contributed by atoms with Crippen LogP contribution in [0.25, 0.3) is 0 Å². The van der Waals surface area contributed by atoms with Crippen molar-refractivity contribution in [3.63, 3.8) is 0 Å². The number of carbonyl (C=O) groups is 1. The maximum absolute atomic E-state index is 11.2. The summed E-state index contributed by atoms with van der Waals surface area (Å²) in [6, 6.07) is 1.44. The third-order valence-electron chi connectivity index (χ3n) is 1.74. The molecule has 0 aliphatic carbocycles. The molecule has 0 bridgehead atoms. The number of rotatable bonds is 3. The minimum absolute atomic E-state index is 0.136. The van der Waals surface area contributed by atoms with E-state index in [-0.39, 0.29) is 18.0 Å². The summed E-state index contributed by atoms with van der Waals surface area (Å²) in [5, 5.41) is 5.40. The summed E-state index contributed by atoms with van der Waals surface area (Å²) in [7, 11) is 1.69. The molecule has 0 radical (unpaired) electrons. The van der Waals surface area contributed by atoms with Gasteiger partial charge in [0.1, 0.15) is 0 Å². The average molecular weight is 195 g/mol. The van der Waals surface area contributed by atoms with Gasteiger partial charge in [0, 0.05) is 12.3 Å². The quantitative estimate of drug-likeness (QED) is 0.627. The van der Waals surface area contributed by atoms with Crippen molar-refractivity contribution in [2.75, 3.05) is 18.9 Å². The largest absolute Gasteiger partial charge is 0.327 e. The van der Waals surface area contributed by atoms with E-state index in [4.69, 9.17) is 0 Å². The number of carbonyl (C=O) groups excluding carboxylic acids is 1. The third kappa shape index (κ3) is 2.70. The predicted octanol–water partition coefficient (Wildman–Crippen LogP) is -0.159. The normalized spacial score (nSPS) is 9.86. The lowest BCUT2D eigenvalue weighted by Crippen LogP contribution is -2.25. The minimum atomic E-state index is -0.172. The van der Waals surface area contributed by atoms with Gasteiger partial charge in [0.15, 0.2) is 0 Å². The molecule has 0 unspecified atom stereocenters. The topological polar surface area (TPSA) is 74.0 Å². The molecule has 0 spiro atoms. The number of hydrogen-bond donors (Lipinski definition) is 3. The molecule has 3 N–H and O–H groups in total. The lowest BCUT2D eigenvalue weighted by Gasteiger charge is -2.06. The zero-order valence-corrected chi connectivity index (χ0v) is 8.18. The van der Waals surface area contributed by atoms with Gasteiger partial charge in [-0.3, -0.25) is 9.59 Å². The Kier molecular flexibility index (Phi) is 3.41. The Morgan fingerprint density at radius 1 is 1.57 bits per heavy atom. The van der Waals surface area contributed by atoms with Crippen LogP contribution in [-0.2, 0) is 4.79 Å². The van der Waals surface area contributed by atoms with Crippen LogP contribution in [0.5, 0.6) is 0 Å². The first-order chi connectivity index (χ1) is 6.63. The maximum Gasteiger partial charge on any atom is 0.248 e. The highest BCUT2D eigenvalue weighted by atomic mass is 16.2. The summed E-state index contributed by atoms with van der Waals surface area (Å²) >= 11 is 0. The van der Waals surface area contributed by atoms with E-state index in [1.807, 2.05) is 0 Å². The lowest BCUT2D eigenvalue weighted by atomic mass is 10.2. The number of amides is 1. The molecule has 0 saturated carbocycles. The SMILES string of the molecule is CNCC(=O)Nc1c[nH]c(=O)cc1C. The van der Waals surface area contributed by atoms with Gasteiger partial charge in [-0.15, -0.1) is 0 Å². The molecule has 0 saturated heterocycles. The monoisotopic (exact) mass is 195 g/mol. The van der Waals surface area contributed by atoms with Gasteiger partial charge in [-0.2, -0.15) is 0 Å². The van der Waals surface area contributed by atoms with Gasteiger partial charge < -0.3 is 15.6 Å². The molecule has 1 heterocycles. The summed E-state index contributed by atoms with van der Waals surface area (Å²) in [5.41, 5.74) is 1.21. The van der Waals surface area contributed by atoms with E-state index in [2.05, 4.69) is 15.6 Å². The van der Waals surface area contributed by atoms with Crippen LogP contribution in [-0.4, -0.2) is 24.5 Å². The van der Waals surface area contributed by atoms with Gasteiger partial charge in [0.05, 0.1) is 12.2 Å². The summed E-state index contributed by atoms with van der Waals surface area (Å²) in [6.07, 6.45) is 1.49. The number of anilines is 1. The second-order valence-corrected chi connectivity index (χ2v) is 2.97. The Hall–Kier alpha value is -1.62. The second kappa shape index (κ2) is 4.57. The summed E-state index contributed by atoms with van der Waals surface area (Å²) < 4.78 is 0. The smallest absolute Gasteiger partial charge is 0.248 e. The highest BCUT2D eigenvalue weighted by Crippen LogP contribution is 2.08. The van der Waals surface area contributed by atoms with Crippen LogP contribution in [0.3, 0.4) is 0 Å². The summed E-state index contributed by atoms with van der Waals surface area (Å²) in [4.78, 5) is 24.6. The highest BCUT2D eigenvalue weighted by Gasteiger charge is 2.03. The van der Waals surface area contributed by atoms with Crippen molar-refractivity contribution in [1.29, 1.82) is 0 Å². The molecule has 14 heavy (non-hydrogen) atoms. The van der Waals surface area contributed by atoms with Crippen LogP contribution < -0.4 is 16.2 Å². The predicted molar refractivity (Wildman–Crippen MR) is 54.4 cm³/mol. The summed E-state index contributed by atoms with van der Waals surface area (Å²) in [6.45, 7) is 2.02. The fraction of sp³-hybridized carbons (Fsp3) is 0.333. The van der Waals surface area contributed by atoms with Crippen LogP contribution in [0.1, 0.15) is 5.56 Å². The van der Waals surface area contributed by atoms with Crippen LogP contribution in [0.4, 0.5) is 5.69 Å². The number of aromatic amines is 1. The molecular weight excluding hydrogens is 182 g/mol. The van der Waals surface area contributed by atoms with Gasteiger partial charge in [-0.05, 0) is 19.5 Å². The van der Waals surface area contributed by atoms with Crippen molar-refractivity contribution in [2.45, 2.75) is 6.92 Å². The van der Waals surface area contributed by atoms with Crippen LogP contribution >= 0.6 is 0 Å². The molecule has 1 rings (SSSR count). The zero-order valence-electron chi connectivity index (χ0n) is 8.18. The van der Waals surface area contributed by atoms with Crippen LogP contribution in [0.2, 0.25) is 0 Å². The van der Waals surface area contributed by atoms with E-state index in [0.717, 1.165) is 5.56 Å². The molecule has 5 nitrogen and oxygen atoms in total. The molecule has 1 amide bonds. The molecule has 0 fully saturated rings. The number of likely N-dealkylation sites (N-methyl/N-ethyl adjacent to an activating group) is 1. The van der Waals surface area contributed by atoms with Gasteiger partial charge in [0.25, 0.3) is 0 Å². The molecule has 76 valence electrons. The molecule has 0 atom stereocenters. The number of pyridine rings is 1. The van der Waals surface area contributed by atoms with Gasteiger partial charge in [-0.1, -0.05) is 0 Å². The van der Waals surface area contributed by atoms with Gasteiger partial charge in [0.2, 0.25) is 11.5 Å². The Bertz CT molecular complexity index is 384. The summed E-state index contributed by atoms with van der Waals surface area (Å²) in [5.74, 6) is -0.136. The first-order valence-corrected chi connectivity index (χ1v) is 4.27. The molecule has 0 aromatic carbocycles. The third-order valence-corrected chi connectivity index (χ3v) is 1.74.